The Hall–Kier alpha value is -0.820. The van der Waals surface area contributed by atoms with Crippen LogP contribution in [0.2, 0.25) is 0 Å². The number of hydrogen-bond donors (Lipinski definition) is 0. The number of nitrogens with zero attached hydrogens (tertiary/aromatic N) is 1. The third-order valence-electron chi connectivity index (χ3n) is 2.11. The molecule has 0 bridgehead atoms. The average Bonchev–Trinajstić information content (AvgIpc) is 2.64. The van der Waals surface area contributed by atoms with Gasteiger partial charge in [-0.1, -0.05) is 13.8 Å². The summed E-state index contributed by atoms with van der Waals surface area (Å²) in [4.78, 5) is 13.1. The highest BCUT2D eigenvalue weighted by Crippen LogP contribution is 2.18. The highest BCUT2D eigenvalue weighted by Gasteiger charge is 2.31. The van der Waals surface area contributed by atoms with Gasteiger partial charge in [-0.3, -0.25) is 4.18 Å². The van der Waals surface area contributed by atoms with Crippen molar-refractivity contribution in [3.63, 3.8) is 0 Å². The normalized spacial score (nSPS) is 19.7. The van der Waals surface area contributed by atoms with Gasteiger partial charge >= 0.3 is 6.09 Å². The molecule has 7 heteroatoms. The Morgan fingerprint density at radius 2 is 1.79 bits per heavy atom. The molecule has 0 aromatic rings. The fourth-order valence-electron chi connectivity index (χ4n) is 1.55. The summed E-state index contributed by atoms with van der Waals surface area (Å²) in [6.07, 6.45) is 0.616. The number of carbonyl (C=O) groups is 1. The van der Waals surface area contributed by atoms with Gasteiger partial charge in [-0.25, -0.2) is 4.79 Å². The molecule has 1 atom stereocenters. The number of amides is 1. The minimum absolute atomic E-state index is 0.252. The van der Waals surface area contributed by atoms with E-state index >= 15 is 0 Å². The van der Waals surface area contributed by atoms with Crippen LogP contribution in [-0.2, 0) is 19.0 Å². The van der Waals surface area contributed by atoms with Gasteiger partial charge in [0.2, 0.25) is 0 Å². The van der Waals surface area contributed by atoms with E-state index in [1.807, 2.05) is 13.8 Å². The molecule has 0 spiro atoms. The fourth-order valence-corrected chi connectivity index (χ4v) is 2.20. The zero-order chi connectivity index (χ0) is 15.3. The van der Waals surface area contributed by atoms with Gasteiger partial charge < -0.3 is 9.64 Å². The summed E-state index contributed by atoms with van der Waals surface area (Å²) in [5.41, 5.74) is -0.549. The molecular formula is C12H25NO5S. The molecule has 114 valence electrons. The minimum Gasteiger partial charge on any atom is -0.444 e. The van der Waals surface area contributed by atoms with E-state index in [0.717, 1.165) is 6.26 Å². The van der Waals surface area contributed by atoms with Crippen LogP contribution in [0.15, 0.2) is 0 Å². The van der Waals surface area contributed by atoms with Crippen molar-refractivity contribution in [2.45, 2.75) is 52.7 Å². The van der Waals surface area contributed by atoms with E-state index in [4.69, 9.17) is 8.92 Å². The monoisotopic (exact) mass is 295 g/mol. The number of likely N-dealkylation sites (tertiary alicyclic amines) is 1. The number of carbonyl (C=O) groups excluding carboxylic acids is 1. The summed E-state index contributed by atoms with van der Waals surface area (Å²) in [5.74, 6) is 0. The van der Waals surface area contributed by atoms with Gasteiger partial charge in [0.25, 0.3) is 10.1 Å². The molecule has 1 heterocycles. The van der Waals surface area contributed by atoms with Crippen molar-refractivity contribution in [1.82, 2.24) is 4.90 Å². The third-order valence-corrected chi connectivity index (χ3v) is 2.73. The topological polar surface area (TPSA) is 72.9 Å². The zero-order valence-corrected chi connectivity index (χ0v) is 13.4. The predicted octanol–water partition coefficient (Wildman–Crippen LogP) is 2.00. The molecule has 1 fully saturated rings. The molecule has 0 aromatic heterocycles. The Bertz CT molecular complexity index is 385. The van der Waals surface area contributed by atoms with E-state index in [9.17, 15) is 13.2 Å². The average molecular weight is 295 g/mol. The van der Waals surface area contributed by atoms with Gasteiger partial charge in [0.05, 0.1) is 18.9 Å². The van der Waals surface area contributed by atoms with E-state index < -0.39 is 27.9 Å². The number of hydrogen-bond acceptors (Lipinski definition) is 5. The first-order valence-electron chi connectivity index (χ1n) is 6.43. The molecule has 0 radical (unpaired) electrons. The Labute approximate surface area is 116 Å². The predicted molar refractivity (Wildman–Crippen MR) is 73.5 cm³/mol. The van der Waals surface area contributed by atoms with Crippen LogP contribution < -0.4 is 0 Å². The van der Waals surface area contributed by atoms with Crippen molar-refractivity contribution < 1.29 is 22.1 Å². The summed E-state index contributed by atoms with van der Waals surface area (Å²) in [6, 6.07) is 0. The Morgan fingerprint density at radius 1 is 1.26 bits per heavy atom. The van der Waals surface area contributed by atoms with Crippen molar-refractivity contribution in [1.29, 1.82) is 0 Å². The summed E-state index contributed by atoms with van der Waals surface area (Å²) in [6.45, 7) is 10.1. The maximum absolute atomic E-state index is 11.7. The van der Waals surface area contributed by atoms with Crippen LogP contribution in [0, 0.1) is 0 Å². The highest BCUT2D eigenvalue weighted by molar-refractivity contribution is 7.86. The van der Waals surface area contributed by atoms with Gasteiger partial charge in [0.15, 0.2) is 0 Å². The van der Waals surface area contributed by atoms with Gasteiger partial charge in [-0.15, -0.1) is 0 Å². The molecule has 0 N–H and O–H groups in total. The maximum Gasteiger partial charge on any atom is 0.410 e. The largest absolute Gasteiger partial charge is 0.444 e. The molecule has 1 saturated heterocycles. The molecule has 19 heavy (non-hydrogen) atoms. The first-order valence-corrected chi connectivity index (χ1v) is 8.25. The SMILES string of the molecule is CC.CC(C)(C)OC(=O)N1CCC(OS(C)(=O)=O)C1. The van der Waals surface area contributed by atoms with Crippen molar-refractivity contribution in [2.75, 3.05) is 19.3 Å². The lowest BCUT2D eigenvalue weighted by molar-refractivity contribution is 0.0276. The summed E-state index contributed by atoms with van der Waals surface area (Å²) in [5, 5.41) is 0. The van der Waals surface area contributed by atoms with Crippen LogP contribution >= 0.6 is 0 Å². The van der Waals surface area contributed by atoms with Crippen LogP contribution in [-0.4, -0.2) is 50.5 Å². The Balaban J connectivity index is 0.00000154. The summed E-state index contributed by atoms with van der Waals surface area (Å²) >= 11 is 0. The van der Waals surface area contributed by atoms with E-state index in [-0.39, 0.29) is 6.54 Å². The van der Waals surface area contributed by atoms with Crippen LogP contribution in [0.5, 0.6) is 0 Å². The fraction of sp³-hybridized carbons (Fsp3) is 0.917. The second-order valence-corrected chi connectivity index (χ2v) is 6.74. The van der Waals surface area contributed by atoms with Crippen molar-refractivity contribution in [2.24, 2.45) is 0 Å². The van der Waals surface area contributed by atoms with Crippen molar-refractivity contribution in [3.8, 4) is 0 Å². The lowest BCUT2D eigenvalue weighted by atomic mass is 10.2. The lowest BCUT2D eigenvalue weighted by Crippen LogP contribution is -2.36. The van der Waals surface area contributed by atoms with Crippen LogP contribution in [0.1, 0.15) is 41.0 Å². The first kappa shape index (κ1) is 18.2. The Kier molecular flexibility index (Phi) is 6.79. The smallest absolute Gasteiger partial charge is 0.410 e. The standard InChI is InChI=1S/C10H19NO5S.C2H6/c1-10(2,3)15-9(12)11-6-5-8(7-11)16-17(4,13)14;1-2/h8H,5-7H2,1-4H3;1-2H3. The third kappa shape index (κ3) is 8.05. The molecule has 0 aromatic carbocycles. The highest BCUT2D eigenvalue weighted by atomic mass is 32.2. The van der Waals surface area contributed by atoms with E-state index in [1.54, 1.807) is 20.8 Å². The number of rotatable bonds is 2. The van der Waals surface area contributed by atoms with Crippen molar-refractivity contribution >= 4 is 16.2 Å². The summed E-state index contributed by atoms with van der Waals surface area (Å²) in [7, 11) is -3.47. The first-order chi connectivity index (χ1) is 8.57. The van der Waals surface area contributed by atoms with Gasteiger partial charge in [0, 0.05) is 6.54 Å². The molecule has 0 saturated carbocycles. The zero-order valence-electron chi connectivity index (χ0n) is 12.6. The molecule has 1 amide bonds. The molecule has 0 aliphatic carbocycles. The Morgan fingerprint density at radius 3 is 2.21 bits per heavy atom. The van der Waals surface area contributed by atoms with Crippen LogP contribution in [0.3, 0.4) is 0 Å². The van der Waals surface area contributed by atoms with E-state index in [1.165, 1.54) is 4.90 Å². The van der Waals surface area contributed by atoms with Crippen LogP contribution in [0.4, 0.5) is 4.79 Å². The quantitative estimate of drug-likeness (QED) is 0.728. The minimum atomic E-state index is -3.47. The molecular weight excluding hydrogens is 270 g/mol. The molecule has 1 aliphatic rings. The second-order valence-electron chi connectivity index (χ2n) is 5.14. The maximum atomic E-state index is 11.7. The summed E-state index contributed by atoms with van der Waals surface area (Å²) < 4.78 is 31.9. The van der Waals surface area contributed by atoms with Gasteiger partial charge in [-0.05, 0) is 27.2 Å². The molecule has 6 nitrogen and oxygen atoms in total. The van der Waals surface area contributed by atoms with E-state index in [2.05, 4.69) is 0 Å². The molecule has 1 rings (SSSR count). The molecule has 1 aliphatic heterocycles. The van der Waals surface area contributed by atoms with Crippen molar-refractivity contribution in [3.05, 3.63) is 0 Å². The van der Waals surface area contributed by atoms with Gasteiger partial charge in [-0.2, -0.15) is 8.42 Å². The van der Waals surface area contributed by atoms with Crippen LogP contribution in [0.25, 0.3) is 0 Å². The van der Waals surface area contributed by atoms with E-state index in [0.29, 0.717) is 13.0 Å². The lowest BCUT2D eigenvalue weighted by Gasteiger charge is -2.24. The number of ether oxygens (including phenoxy) is 1. The molecule has 1 unspecified atom stereocenters. The second kappa shape index (κ2) is 7.09. The van der Waals surface area contributed by atoms with Gasteiger partial charge in [0.1, 0.15) is 5.60 Å².